The molecule has 0 fully saturated rings. The minimum absolute atomic E-state index is 0.925. The molecule has 0 aliphatic carbocycles. The van der Waals surface area contributed by atoms with Gasteiger partial charge >= 0.3 is 0 Å². The molecule has 84 valence electrons. The van der Waals surface area contributed by atoms with Gasteiger partial charge in [-0.3, -0.25) is 0 Å². The Bertz CT molecular complexity index is 486. The van der Waals surface area contributed by atoms with E-state index in [1.165, 1.54) is 0 Å². The van der Waals surface area contributed by atoms with Crippen molar-refractivity contribution in [1.82, 2.24) is 0 Å². The van der Waals surface area contributed by atoms with Gasteiger partial charge in [0.25, 0.3) is 0 Å². The van der Waals surface area contributed by atoms with Crippen molar-refractivity contribution < 1.29 is 9.47 Å². The molecule has 0 spiro atoms. The second kappa shape index (κ2) is 4.49. The molecule has 0 aliphatic heterocycles. The van der Waals surface area contributed by atoms with Crippen LogP contribution < -0.4 is 9.47 Å². The van der Waals surface area contributed by atoms with Crippen molar-refractivity contribution in [3.8, 4) is 11.5 Å². The minimum atomic E-state index is 0.925. The third-order valence-corrected chi connectivity index (χ3v) is 3.99. The van der Waals surface area contributed by atoms with Gasteiger partial charge in [-0.1, -0.05) is 24.3 Å². The molecule has 2 rings (SSSR count). The Morgan fingerprint density at radius 2 is 1.44 bits per heavy atom. The smallest absolute Gasteiger partial charge is 0.140 e. The van der Waals surface area contributed by atoms with Crippen LogP contribution in [0.1, 0.15) is 5.56 Å². The molecule has 0 saturated carbocycles. The molecule has 0 aliphatic rings. The summed E-state index contributed by atoms with van der Waals surface area (Å²) in [6.07, 6.45) is 0. The fraction of sp³-hybridized carbons (Fsp3) is 0.231. The molecule has 0 unspecified atom stereocenters. The molecule has 0 heterocycles. The van der Waals surface area contributed by atoms with Crippen LogP contribution in [-0.4, -0.2) is 14.2 Å². The zero-order valence-corrected chi connectivity index (χ0v) is 11.7. The Morgan fingerprint density at radius 1 is 0.938 bits per heavy atom. The van der Waals surface area contributed by atoms with Crippen LogP contribution >= 0.6 is 22.6 Å². The Kier molecular flexibility index (Phi) is 3.23. The molecule has 2 aromatic carbocycles. The summed E-state index contributed by atoms with van der Waals surface area (Å²) < 4.78 is 12.1. The van der Waals surface area contributed by atoms with E-state index in [2.05, 4.69) is 41.6 Å². The normalized spacial score (nSPS) is 10.5. The minimum Gasteiger partial charge on any atom is -0.496 e. The number of halogens is 1. The zero-order valence-electron chi connectivity index (χ0n) is 9.50. The molecule has 0 amide bonds. The van der Waals surface area contributed by atoms with Gasteiger partial charge in [0.15, 0.2) is 0 Å². The van der Waals surface area contributed by atoms with Gasteiger partial charge in [-0.05, 0) is 29.5 Å². The fourth-order valence-electron chi connectivity index (χ4n) is 1.93. The first-order valence-corrected chi connectivity index (χ1v) is 6.07. The van der Waals surface area contributed by atoms with Crippen molar-refractivity contribution >= 4 is 33.4 Å². The number of benzene rings is 2. The number of hydrogen-bond donors (Lipinski definition) is 0. The molecular weight excluding hydrogens is 315 g/mol. The molecule has 0 N–H and O–H groups in total. The van der Waals surface area contributed by atoms with Crippen LogP contribution in [0.25, 0.3) is 10.8 Å². The van der Waals surface area contributed by atoms with Gasteiger partial charge in [-0.25, -0.2) is 0 Å². The zero-order chi connectivity index (χ0) is 11.7. The average molecular weight is 328 g/mol. The number of fused-ring (bicyclic) bond motifs is 1. The third-order valence-electron chi connectivity index (χ3n) is 2.69. The molecule has 0 saturated heterocycles. The van der Waals surface area contributed by atoms with E-state index in [1.807, 2.05) is 12.1 Å². The van der Waals surface area contributed by atoms with Crippen LogP contribution in [0.4, 0.5) is 0 Å². The fourth-order valence-corrected chi connectivity index (χ4v) is 2.69. The second-order valence-corrected chi connectivity index (χ2v) is 4.63. The highest BCUT2D eigenvalue weighted by Crippen LogP contribution is 2.40. The molecular formula is C13H13IO2. The van der Waals surface area contributed by atoms with Crippen LogP contribution in [0.5, 0.6) is 11.5 Å². The molecule has 0 aromatic heterocycles. The third kappa shape index (κ3) is 1.63. The summed E-state index contributed by atoms with van der Waals surface area (Å²) in [6.45, 7) is 2.05. The van der Waals surface area contributed by atoms with Crippen LogP contribution in [0.3, 0.4) is 0 Å². The average Bonchev–Trinajstić information content (AvgIpc) is 2.31. The standard InChI is InChI=1S/C13H13IO2/c1-8-11(14)13(16-3)10-7-5-4-6-9(10)12(8)15-2/h4-7H,1-3H3. The van der Waals surface area contributed by atoms with Crippen molar-refractivity contribution in [3.63, 3.8) is 0 Å². The molecule has 2 aromatic rings. The summed E-state index contributed by atoms with van der Waals surface area (Å²) >= 11 is 2.30. The first-order valence-electron chi connectivity index (χ1n) is 4.99. The predicted molar refractivity (Wildman–Crippen MR) is 74.5 cm³/mol. The number of ether oxygens (including phenoxy) is 2. The van der Waals surface area contributed by atoms with Crippen LogP contribution in [0.2, 0.25) is 0 Å². The van der Waals surface area contributed by atoms with E-state index in [0.29, 0.717) is 0 Å². The van der Waals surface area contributed by atoms with E-state index < -0.39 is 0 Å². The molecule has 16 heavy (non-hydrogen) atoms. The maximum absolute atomic E-state index is 5.48. The van der Waals surface area contributed by atoms with Gasteiger partial charge in [0.2, 0.25) is 0 Å². The Hall–Kier alpha value is -0.970. The Labute approximate surface area is 109 Å². The molecule has 2 nitrogen and oxygen atoms in total. The van der Waals surface area contributed by atoms with E-state index in [-0.39, 0.29) is 0 Å². The van der Waals surface area contributed by atoms with Gasteiger partial charge in [0.1, 0.15) is 11.5 Å². The summed E-state index contributed by atoms with van der Waals surface area (Å²) in [4.78, 5) is 0. The largest absolute Gasteiger partial charge is 0.496 e. The second-order valence-electron chi connectivity index (χ2n) is 3.55. The van der Waals surface area contributed by atoms with Crippen LogP contribution in [-0.2, 0) is 0 Å². The summed E-state index contributed by atoms with van der Waals surface area (Å²) in [5.41, 5.74) is 1.12. The molecule has 3 heteroatoms. The highest BCUT2D eigenvalue weighted by atomic mass is 127. The van der Waals surface area contributed by atoms with Gasteiger partial charge in [-0.2, -0.15) is 0 Å². The lowest BCUT2D eigenvalue weighted by molar-refractivity contribution is 0.405. The lowest BCUT2D eigenvalue weighted by Gasteiger charge is -2.15. The molecule has 0 bridgehead atoms. The molecule has 0 radical (unpaired) electrons. The van der Waals surface area contributed by atoms with Crippen molar-refractivity contribution in [2.75, 3.05) is 14.2 Å². The van der Waals surface area contributed by atoms with Gasteiger partial charge in [0.05, 0.1) is 17.8 Å². The first kappa shape index (κ1) is 11.5. The lowest BCUT2D eigenvalue weighted by Crippen LogP contribution is -1.96. The quantitative estimate of drug-likeness (QED) is 0.782. The van der Waals surface area contributed by atoms with E-state index in [4.69, 9.17) is 9.47 Å². The summed E-state index contributed by atoms with van der Waals surface area (Å²) in [6, 6.07) is 8.13. The van der Waals surface area contributed by atoms with Crippen LogP contribution in [0.15, 0.2) is 24.3 Å². The number of rotatable bonds is 2. The highest BCUT2D eigenvalue weighted by Gasteiger charge is 2.15. The monoisotopic (exact) mass is 328 g/mol. The van der Waals surface area contributed by atoms with E-state index >= 15 is 0 Å². The topological polar surface area (TPSA) is 18.5 Å². The van der Waals surface area contributed by atoms with E-state index in [0.717, 1.165) is 31.4 Å². The van der Waals surface area contributed by atoms with Gasteiger partial charge in [0, 0.05) is 16.3 Å². The Balaban J connectivity index is 2.95. The van der Waals surface area contributed by atoms with E-state index in [1.54, 1.807) is 14.2 Å². The molecule has 0 atom stereocenters. The van der Waals surface area contributed by atoms with Crippen molar-refractivity contribution in [2.24, 2.45) is 0 Å². The van der Waals surface area contributed by atoms with Gasteiger partial charge in [-0.15, -0.1) is 0 Å². The summed E-state index contributed by atoms with van der Waals surface area (Å²) in [5, 5.41) is 2.19. The van der Waals surface area contributed by atoms with Crippen molar-refractivity contribution in [1.29, 1.82) is 0 Å². The lowest BCUT2D eigenvalue weighted by atomic mass is 10.0. The number of hydrogen-bond acceptors (Lipinski definition) is 2. The summed E-state index contributed by atoms with van der Waals surface area (Å²) in [7, 11) is 3.41. The van der Waals surface area contributed by atoms with Crippen molar-refractivity contribution in [3.05, 3.63) is 33.4 Å². The SMILES string of the molecule is COc1c(C)c(I)c(OC)c2ccccc12. The Morgan fingerprint density at radius 3 is 1.94 bits per heavy atom. The maximum atomic E-state index is 5.48. The first-order chi connectivity index (χ1) is 7.70. The summed E-state index contributed by atoms with van der Waals surface area (Å²) in [5.74, 6) is 1.86. The van der Waals surface area contributed by atoms with Crippen LogP contribution in [0, 0.1) is 10.5 Å². The predicted octanol–water partition coefficient (Wildman–Crippen LogP) is 3.77. The highest BCUT2D eigenvalue weighted by molar-refractivity contribution is 14.1. The number of methoxy groups -OCH3 is 2. The maximum Gasteiger partial charge on any atom is 0.140 e. The van der Waals surface area contributed by atoms with Crippen molar-refractivity contribution in [2.45, 2.75) is 6.92 Å². The van der Waals surface area contributed by atoms with E-state index in [9.17, 15) is 0 Å². The van der Waals surface area contributed by atoms with Gasteiger partial charge < -0.3 is 9.47 Å².